The van der Waals surface area contributed by atoms with Crippen LogP contribution in [0.3, 0.4) is 0 Å². The second-order valence-corrected chi connectivity index (χ2v) is 8.26. The molecule has 2 aromatic carbocycles. The van der Waals surface area contributed by atoms with Gasteiger partial charge in [0.25, 0.3) is 5.91 Å². The predicted molar refractivity (Wildman–Crippen MR) is 115 cm³/mol. The number of nitrogens with zero attached hydrogens (tertiary/aromatic N) is 3. The molecule has 0 bridgehead atoms. The van der Waals surface area contributed by atoms with Crippen molar-refractivity contribution in [2.45, 2.75) is 12.9 Å². The van der Waals surface area contributed by atoms with Gasteiger partial charge in [-0.15, -0.1) is 24.5 Å². The van der Waals surface area contributed by atoms with Gasteiger partial charge in [0.05, 0.1) is 17.1 Å². The Morgan fingerprint density at radius 1 is 1.21 bits per heavy atom. The zero-order valence-corrected chi connectivity index (χ0v) is 18.3. The molecule has 0 radical (unpaired) electrons. The molecule has 1 heterocycles. The van der Waals surface area contributed by atoms with Crippen molar-refractivity contribution >= 4 is 38.6 Å². The minimum absolute atomic E-state index is 0.0270. The molecule has 0 aliphatic rings. The third kappa shape index (κ3) is 6.67. The number of carbonyl (C=O) groups excluding carboxylic acids is 1. The van der Waals surface area contributed by atoms with Crippen molar-refractivity contribution in [2.75, 3.05) is 10.8 Å². The second-order valence-electron chi connectivity index (χ2n) is 6.44. The SMILES string of the molecule is N#Cc1ccc(N(Cc2cccc(OC(F)(F)F)c2)c2scnc2C(=O)NC[SH](=O)=O)cc1. The number of aromatic nitrogens is 1. The van der Waals surface area contributed by atoms with E-state index in [9.17, 15) is 26.4 Å². The lowest BCUT2D eigenvalue weighted by Crippen LogP contribution is -2.27. The van der Waals surface area contributed by atoms with E-state index in [1.165, 1.54) is 23.7 Å². The van der Waals surface area contributed by atoms with Crippen molar-refractivity contribution in [1.29, 1.82) is 5.26 Å². The van der Waals surface area contributed by atoms with Gasteiger partial charge in [0.2, 0.25) is 0 Å². The number of carbonyl (C=O) groups is 1. The Balaban J connectivity index is 1.99. The van der Waals surface area contributed by atoms with E-state index < -0.39 is 34.6 Å². The number of thiol groups is 1. The Morgan fingerprint density at radius 2 is 1.94 bits per heavy atom. The van der Waals surface area contributed by atoms with Gasteiger partial charge in [-0.3, -0.25) is 4.79 Å². The number of amides is 1. The number of rotatable bonds is 8. The molecular formula is C20H15F3N4O4S2. The zero-order valence-electron chi connectivity index (χ0n) is 16.6. The van der Waals surface area contributed by atoms with Crippen molar-refractivity contribution in [3.8, 4) is 11.8 Å². The molecule has 0 spiro atoms. The lowest BCUT2D eigenvalue weighted by Gasteiger charge is -2.24. The predicted octanol–water partition coefficient (Wildman–Crippen LogP) is 3.55. The standard InChI is InChI=1S/C20H15F3N4O4S2/c21-20(22,23)31-16-3-1-2-14(8-16)10-27(15-6-4-13(9-24)5-7-15)19-17(25-11-32-19)18(28)26-12-33(29)30/h1-8,11,33H,10,12H2,(H,26,28). The minimum Gasteiger partial charge on any atom is -0.406 e. The van der Waals surface area contributed by atoms with E-state index in [0.29, 0.717) is 21.8 Å². The Morgan fingerprint density at radius 3 is 2.58 bits per heavy atom. The number of nitrogens with one attached hydrogen (secondary N) is 1. The van der Waals surface area contributed by atoms with Crippen molar-refractivity contribution in [3.63, 3.8) is 0 Å². The Bertz CT molecular complexity index is 1240. The first-order valence-electron chi connectivity index (χ1n) is 9.12. The van der Waals surface area contributed by atoms with Gasteiger partial charge in [-0.1, -0.05) is 12.1 Å². The fourth-order valence-electron chi connectivity index (χ4n) is 2.83. The first-order valence-corrected chi connectivity index (χ1v) is 11.4. The van der Waals surface area contributed by atoms with Crippen LogP contribution >= 0.6 is 11.3 Å². The molecule has 0 saturated carbocycles. The Kier molecular flexibility index (Phi) is 7.52. The van der Waals surface area contributed by atoms with Gasteiger partial charge in [-0.2, -0.15) is 5.26 Å². The highest BCUT2D eigenvalue weighted by atomic mass is 32.2. The topological polar surface area (TPSA) is 112 Å². The van der Waals surface area contributed by atoms with Crippen LogP contribution in [-0.2, 0) is 17.2 Å². The molecule has 1 aromatic heterocycles. The van der Waals surface area contributed by atoms with Crippen LogP contribution in [-0.4, -0.2) is 31.5 Å². The van der Waals surface area contributed by atoms with Gasteiger partial charge in [-0.05, 0) is 42.0 Å². The first kappa shape index (κ1) is 24.0. The number of alkyl halides is 3. The summed E-state index contributed by atoms with van der Waals surface area (Å²) in [5.74, 6) is -1.70. The molecule has 13 heteroatoms. The van der Waals surface area contributed by atoms with E-state index in [2.05, 4.69) is 15.0 Å². The maximum Gasteiger partial charge on any atom is 0.573 e. The van der Waals surface area contributed by atoms with Crippen LogP contribution in [0.4, 0.5) is 23.9 Å². The van der Waals surface area contributed by atoms with Gasteiger partial charge in [0.1, 0.15) is 16.6 Å². The Labute approximate surface area is 191 Å². The van der Waals surface area contributed by atoms with E-state index >= 15 is 0 Å². The molecule has 8 nitrogen and oxygen atoms in total. The molecule has 172 valence electrons. The monoisotopic (exact) mass is 496 g/mol. The summed E-state index contributed by atoms with van der Waals surface area (Å²) in [6, 6.07) is 13.7. The molecule has 0 aliphatic heterocycles. The van der Waals surface area contributed by atoms with Gasteiger partial charge in [-0.25, -0.2) is 13.4 Å². The highest BCUT2D eigenvalue weighted by Gasteiger charge is 2.31. The quantitative estimate of drug-likeness (QED) is 0.459. The fourth-order valence-corrected chi connectivity index (χ4v) is 3.91. The van der Waals surface area contributed by atoms with Gasteiger partial charge in [0, 0.05) is 12.2 Å². The van der Waals surface area contributed by atoms with E-state index in [0.717, 1.165) is 11.3 Å². The fraction of sp³-hybridized carbons (Fsp3) is 0.150. The Hall–Kier alpha value is -3.63. The molecule has 1 N–H and O–H groups in total. The molecule has 0 fully saturated rings. The number of benzene rings is 2. The average molecular weight is 496 g/mol. The van der Waals surface area contributed by atoms with Gasteiger partial charge < -0.3 is 15.0 Å². The maximum atomic E-state index is 12.6. The average Bonchev–Trinajstić information content (AvgIpc) is 3.25. The third-order valence-corrected chi connectivity index (χ3v) is 5.42. The van der Waals surface area contributed by atoms with Gasteiger partial charge in [0.15, 0.2) is 16.4 Å². The lowest BCUT2D eigenvalue weighted by molar-refractivity contribution is -0.274. The lowest BCUT2D eigenvalue weighted by atomic mass is 10.1. The number of anilines is 2. The van der Waals surface area contributed by atoms with Crippen LogP contribution in [0, 0.1) is 11.3 Å². The largest absolute Gasteiger partial charge is 0.573 e. The number of nitriles is 1. The minimum atomic E-state index is -4.85. The molecule has 0 saturated heterocycles. The first-order chi connectivity index (χ1) is 15.7. The summed E-state index contributed by atoms with van der Waals surface area (Å²) < 4.78 is 63.5. The summed E-state index contributed by atoms with van der Waals surface area (Å²) in [4.78, 5) is 18.1. The summed E-state index contributed by atoms with van der Waals surface area (Å²) in [6.07, 6.45) is -4.85. The summed E-state index contributed by atoms with van der Waals surface area (Å²) >= 11 is 1.09. The molecule has 0 unspecified atom stereocenters. The van der Waals surface area contributed by atoms with Crippen molar-refractivity contribution in [3.05, 3.63) is 70.9 Å². The highest BCUT2D eigenvalue weighted by Crippen LogP contribution is 2.34. The summed E-state index contributed by atoms with van der Waals surface area (Å²) in [6.45, 7) is 0.0270. The van der Waals surface area contributed by atoms with E-state index in [4.69, 9.17) is 5.26 Å². The third-order valence-electron chi connectivity index (χ3n) is 4.16. The van der Waals surface area contributed by atoms with Crippen LogP contribution in [0.2, 0.25) is 0 Å². The molecule has 3 aromatic rings. The van der Waals surface area contributed by atoms with Crippen LogP contribution in [0.1, 0.15) is 21.6 Å². The smallest absolute Gasteiger partial charge is 0.406 e. The van der Waals surface area contributed by atoms with Crippen LogP contribution in [0.5, 0.6) is 5.75 Å². The number of thiazole rings is 1. The molecule has 3 rings (SSSR count). The van der Waals surface area contributed by atoms with E-state index in [1.807, 2.05) is 6.07 Å². The highest BCUT2D eigenvalue weighted by molar-refractivity contribution is 7.72. The zero-order chi connectivity index (χ0) is 24.0. The van der Waals surface area contributed by atoms with Crippen molar-refractivity contribution < 1.29 is 31.1 Å². The van der Waals surface area contributed by atoms with Crippen LogP contribution < -0.4 is 15.0 Å². The van der Waals surface area contributed by atoms with E-state index in [1.54, 1.807) is 35.2 Å². The molecule has 0 atom stereocenters. The van der Waals surface area contributed by atoms with Crippen LogP contribution in [0.15, 0.2) is 54.0 Å². The summed E-state index contributed by atoms with van der Waals surface area (Å²) in [5, 5.41) is 11.6. The molecule has 1 amide bonds. The second kappa shape index (κ2) is 10.3. The molecule has 0 aliphatic carbocycles. The maximum absolute atomic E-state index is 12.6. The summed E-state index contributed by atoms with van der Waals surface area (Å²) in [7, 11) is -2.84. The molecule has 33 heavy (non-hydrogen) atoms. The number of halogens is 3. The van der Waals surface area contributed by atoms with E-state index in [-0.39, 0.29) is 12.2 Å². The number of hydrogen-bond acceptors (Lipinski definition) is 8. The number of ether oxygens (including phenoxy) is 1. The van der Waals surface area contributed by atoms with Crippen molar-refractivity contribution in [1.82, 2.24) is 10.3 Å². The van der Waals surface area contributed by atoms with Gasteiger partial charge >= 0.3 is 6.36 Å². The van der Waals surface area contributed by atoms with Crippen LogP contribution in [0.25, 0.3) is 0 Å². The normalized spacial score (nSPS) is 11.1. The molecular weight excluding hydrogens is 481 g/mol. The number of hydrogen-bond donors (Lipinski definition) is 2. The summed E-state index contributed by atoms with van der Waals surface area (Å²) in [5.41, 5.74) is 2.69. The van der Waals surface area contributed by atoms with Crippen molar-refractivity contribution in [2.24, 2.45) is 0 Å².